The molecule has 7 nitrogen and oxygen atoms in total. The first kappa shape index (κ1) is 20.6. The zero-order chi connectivity index (χ0) is 20.9. The maximum absolute atomic E-state index is 13.4. The van der Waals surface area contributed by atoms with E-state index < -0.39 is 10.9 Å². The summed E-state index contributed by atoms with van der Waals surface area (Å²) in [4.78, 5) is 2.35. The van der Waals surface area contributed by atoms with Crippen LogP contribution in [0.15, 0.2) is 54.7 Å². The third kappa shape index (κ3) is 5.29. The van der Waals surface area contributed by atoms with Gasteiger partial charge in [0.2, 0.25) is 10.9 Å². The number of rotatable bonds is 7. The van der Waals surface area contributed by atoms with Crippen molar-refractivity contribution in [1.29, 1.82) is 0 Å². The molecule has 0 radical (unpaired) electrons. The summed E-state index contributed by atoms with van der Waals surface area (Å²) >= 11 is 0. The molecule has 1 saturated heterocycles. The van der Waals surface area contributed by atoms with Crippen molar-refractivity contribution in [2.24, 2.45) is 0 Å². The molecule has 1 aliphatic rings. The van der Waals surface area contributed by atoms with E-state index in [1.807, 2.05) is 18.3 Å². The molecule has 2 aromatic carbocycles. The number of halogens is 1. The average Bonchev–Trinajstić information content (AvgIpc) is 3.22. The minimum Gasteiger partial charge on any atom is -0.297 e. The van der Waals surface area contributed by atoms with Gasteiger partial charge in [-0.3, -0.25) is 4.90 Å². The van der Waals surface area contributed by atoms with Gasteiger partial charge in [-0.25, -0.2) is 22.2 Å². The summed E-state index contributed by atoms with van der Waals surface area (Å²) in [6, 6.07) is 14.4. The predicted molar refractivity (Wildman–Crippen MR) is 112 cm³/mol. The van der Waals surface area contributed by atoms with E-state index in [9.17, 15) is 12.8 Å². The smallest absolute Gasteiger partial charge is 0.201 e. The lowest BCUT2D eigenvalue weighted by molar-refractivity contribution is 0.202. The van der Waals surface area contributed by atoms with Crippen LogP contribution >= 0.6 is 0 Å². The fraction of sp³-hybridized carbons (Fsp3) is 0.333. The van der Waals surface area contributed by atoms with Gasteiger partial charge in [0.1, 0.15) is 5.82 Å². The fourth-order valence-corrected chi connectivity index (χ4v) is 4.19. The van der Waals surface area contributed by atoms with Crippen molar-refractivity contribution < 1.29 is 12.8 Å². The van der Waals surface area contributed by atoms with Gasteiger partial charge in [0.25, 0.3) is 0 Å². The molecule has 0 unspecified atom stereocenters. The molecule has 0 bridgehead atoms. The third-order valence-corrected chi connectivity index (χ3v) is 5.84. The number of piperidine rings is 1. The van der Waals surface area contributed by atoms with Crippen LogP contribution in [0.2, 0.25) is 0 Å². The number of hydrogen-bond donors (Lipinski definition) is 2. The largest absolute Gasteiger partial charge is 0.297 e. The van der Waals surface area contributed by atoms with Crippen LogP contribution in [0.3, 0.4) is 0 Å². The quantitative estimate of drug-likeness (QED) is 0.564. The number of benzene rings is 2. The Morgan fingerprint density at radius 1 is 1.10 bits per heavy atom. The Morgan fingerprint density at radius 2 is 1.90 bits per heavy atom. The second-order valence-electron chi connectivity index (χ2n) is 7.52. The van der Waals surface area contributed by atoms with Gasteiger partial charge in [-0.1, -0.05) is 35.5 Å². The molecule has 1 aromatic heterocycles. The molecule has 9 heteroatoms. The van der Waals surface area contributed by atoms with E-state index in [0.717, 1.165) is 37.2 Å². The van der Waals surface area contributed by atoms with Crippen molar-refractivity contribution in [2.75, 3.05) is 13.1 Å². The molecule has 0 spiro atoms. The van der Waals surface area contributed by atoms with Crippen molar-refractivity contribution in [3.63, 3.8) is 0 Å². The Labute approximate surface area is 176 Å². The van der Waals surface area contributed by atoms with Gasteiger partial charge < -0.3 is 0 Å². The Kier molecular flexibility index (Phi) is 6.51. The van der Waals surface area contributed by atoms with Crippen LogP contribution in [-0.4, -0.2) is 41.4 Å². The summed E-state index contributed by atoms with van der Waals surface area (Å²) in [6.45, 7) is 2.94. The van der Waals surface area contributed by atoms with Crippen molar-refractivity contribution in [1.82, 2.24) is 24.6 Å². The molecule has 1 fully saturated rings. The molecule has 30 heavy (non-hydrogen) atoms. The van der Waals surface area contributed by atoms with Crippen molar-refractivity contribution in [2.45, 2.75) is 31.8 Å². The fourth-order valence-electron chi connectivity index (χ4n) is 3.88. The van der Waals surface area contributed by atoms with E-state index >= 15 is 0 Å². The summed E-state index contributed by atoms with van der Waals surface area (Å²) < 4.78 is 38.9. The Morgan fingerprint density at radius 3 is 2.67 bits per heavy atom. The number of nitrogens with zero attached hydrogens (tertiary/aromatic N) is 4. The lowest BCUT2D eigenvalue weighted by atomic mass is 9.88. The van der Waals surface area contributed by atoms with Crippen LogP contribution < -0.4 is 4.72 Å². The van der Waals surface area contributed by atoms with Crippen LogP contribution in [0.5, 0.6) is 0 Å². The van der Waals surface area contributed by atoms with Gasteiger partial charge >= 0.3 is 0 Å². The highest BCUT2D eigenvalue weighted by molar-refractivity contribution is 7.70. The second kappa shape index (κ2) is 9.46. The lowest BCUT2D eigenvalue weighted by Crippen LogP contribution is -2.32. The van der Waals surface area contributed by atoms with Gasteiger partial charge in [0.05, 0.1) is 17.6 Å². The Bertz CT molecular complexity index is 1070. The summed E-state index contributed by atoms with van der Waals surface area (Å²) in [5.74, 6) is 0.165. The molecule has 4 rings (SSSR count). The maximum atomic E-state index is 13.4. The molecule has 3 aromatic rings. The zero-order valence-corrected chi connectivity index (χ0v) is 17.3. The lowest BCUT2D eigenvalue weighted by Gasteiger charge is -2.31. The Hall–Kier alpha value is -2.62. The van der Waals surface area contributed by atoms with E-state index in [2.05, 4.69) is 32.1 Å². The zero-order valence-electron chi connectivity index (χ0n) is 16.4. The molecule has 0 amide bonds. The first-order chi connectivity index (χ1) is 14.6. The molecule has 0 aliphatic carbocycles. The van der Waals surface area contributed by atoms with E-state index in [4.69, 9.17) is 0 Å². The molecule has 158 valence electrons. The molecule has 0 saturated carbocycles. The monoisotopic (exact) mass is 429 g/mol. The third-order valence-electron chi connectivity index (χ3n) is 5.42. The molecule has 1 N–H and O–H groups in total. The van der Waals surface area contributed by atoms with E-state index in [1.165, 1.54) is 17.7 Å². The molecular formula is C21H24FN5O2S. The number of thiol groups is 1. The van der Waals surface area contributed by atoms with E-state index in [0.29, 0.717) is 24.7 Å². The normalized spacial score (nSPS) is 15.7. The highest BCUT2D eigenvalue weighted by Crippen LogP contribution is 2.29. The van der Waals surface area contributed by atoms with Crippen LogP contribution in [0, 0.1) is 5.82 Å². The second-order valence-corrected chi connectivity index (χ2v) is 8.35. The molecule has 0 atom stereocenters. The van der Waals surface area contributed by atoms with Crippen LogP contribution in [0.4, 0.5) is 4.39 Å². The number of likely N-dealkylation sites (tertiary alicyclic amines) is 1. The first-order valence-electron chi connectivity index (χ1n) is 9.93. The van der Waals surface area contributed by atoms with E-state index in [-0.39, 0.29) is 5.82 Å². The Balaban J connectivity index is 1.33. The molecule has 2 heterocycles. The molecule has 1 aliphatic heterocycles. The highest BCUT2D eigenvalue weighted by Gasteiger charge is 2.21. The van der Waals surface area contributed by atoms with Gasteiger partial charge in [0, 0.05) is 13.1 Å². The topological polar surface area (TPSA) is 80.1 Å². The van der Waals surface area contributed by atoms with Crippen molar-refractivity contribution >= 4 is 10.9 Å². The highest BCUT2D eigenvalue weighted by atomic mass is 32.2. The minimum atomic E-state index is -2.58. The van der Waals surface area contributed by atoms with Crippen molar-refractivity contribution in [3.8, 4) is 5.69 Å². The summed E-state index contributed by atoms with van der Waals surface area (Å²) in [7, 11) is -2.58. The standard InChI is InChI=1S/C21H24FN5O2S/c22-19-5-2-6-21(12-19)27-15-20(24-25-27)14-26-9-7-17(8-10-26)18-4-1-3-16(11-18)13-23-30(28)29/h1-6,11-12,15,17,30H,7-10,13-14H2,(H,23,28,29). The average molecular weight is 430 g/mol. The van der Waals surface area contributed by atoms with Crippen LogP contribution in [0.1, 0.15) is 35.6 Å². The number of hydrogen-bond acceptors (Lipinski definition) is 5. The van der Waals surface area contributed by atoms with Gasteiger partial charge in [-0.15, -0.1) is 5.10 Å². The SMILES string of the molecule is O=[SH](=O)NCc1cccc(C2CCN(Cc3cn(-c4cccc(F)c4)nn3)CC2)c1. The predicted octanol–water partition coefficient (Wildman–Crippen LogP) is 2.40. The number of aromatic nitrogens is 3. The van der Waals surface area contributed by atoms with Crippen LogP contribution in [0.25, 0.3) is 5.69 Å². The number of nitrogens with one attached hydrogen (secondary N) is 1. The summed E-state index contributed by atoms with van der Waals surface area (Å²) in [6.07, 6.45) is 3.91. The van der Waals surface area contributed by atoms with Crippen molar-refractivity contribution in [3.05, 3.63) is 77.4 Å². The summed E-state index contributed by atoms with van der Waals surface area (Å²) in [5, 5.41) is 8.35. The summed E-state index contributed by atoms with van der Waals surface area (Å²) in [5.41, 5.74) is 3.75. The van der Waals surface area contributed by atoms with Gasteiger partial charge in [0.15, 0.2) is 0 Å². The molecular weight excluding hydrogens is 405 g/mol. The van der Waals surface area contributed by atoms with E-state index in [1.54, 1.807) is 16.8 Å². The van der Waals surface area contributed by atoms with Gasteiger partial charge in [-0.2, -0.15) is 0 Å². The minimum absolute atomic E-state index is 0.298. The maximum Gasteiger partial charge on any atom is 0.201 e. The first-order valence-corrected chi connectivity index (χ1v) is 11.1. The van der Waals surface area contributed by atoms with Gasteiger partial charge in [-0.05, 0) is 61.2 Å². The van der Waals surface area contributed by atoms with Crippen LogP contribution in [-0.2, 0) is 24.0 Å².